The Morgan fingerprint density at radius 3 is 1.37 bits per heavy atom. The Hall–Kier alpha value is -3.68. The van der Waals surface area contributed by atoms with Crippen LogP contribution >= 0.6 is 0 Å². The summed E-state index contributed by atoms with van der Waals surface area (Å²) < 4.78 is 34.9. The largest absolute Gasteiger partial charge is 0.491 e. The molecule has 6 nitrogen and oxygen atoms in total. The molecular formula is C37H34O6. The number of epoxide rings is 4. The quantitative estimate of drug-likeness (QED) is 0.184. The highest BCUT2D eigenvalue weighted by Crippen LogP contribution is 2.57. The van der Waals surface area contributed by atoms with Crippen molar-refractivity contribution in [1.29, 1.82) is 0 Å². The van der Waals surface area contributed by atoms with Gasteiger partial charge in [0.25, 0.3) is 0 Å². The third kappa shape index (κ3) is 4.83. The average molecular weight is 575 g/mol. The Morgan fingerprint density at radius 2 is 0.953 bits per heavy atom. The van der Waals surface area contributed by atoms with Crippen molar-refractivity contribution in [3.63, 3.8) is 0 Å². The van der Waals surface area contributed by atoms with Gasteiger partial charge in [-0.05, 0) is 56.6 Å². The highest BCUT2D eigenvalue weighted by atomic mass is 16.6. The molecule has 4 saturated heterocycles. The van der Waals surface area contributed by atoms with Crippen LogP contribution in [0.2, 0.25) is 0 Å². The zero-order valence-electron chi connectivity index (χ0n) is 24.0. The van der Waals surface area contributed by atoms with E-state index >= 15 is 0 Å². The second kappa shape index (κ2) is 10.2. The van der Waals surface area contributed by atoms with Crippen molar-refractivity contribution in [3.8, 4) is 22.6 Å². The lowest BCUT2D eigenvalue weighted by Gasteiger charge is -2.35. The molecule has 4 aromatic rings. The zero-order chi connectivity index (χ0) is 28.4. The van der Waals surface area contributed by atoms with Crippen molar-refractivity contribution in [1.82, 2.24) is 0 Å². The highest BCUT2D eigenvalue weighted by Gasteiger charge is 2.47. The summed E-state index contributed by atoms with van der Waals surface area (Å²) in [7, 11) is 0. The highest BCUT2D eigenvalue weighted by molar-refractivity contribution is 5.86. The molecule has 6 heteroatoms. The van der Waals surface area contributed by atoms with Crippen LogP contribution in [-0.2, 0) is 37.2 Å². The molecule has 0 amide bonds. The summed E-state index contributed by atoms with van der Waals surface area (Å²) in [6, 6.07) is 31.3. The summed E-state index contributed by atoms with van der Waals surface area (Å²) in [4.78, 5) is 0. The maximum Gasteiger partial charge on any atom is 0.122 e. The lowest BCUT2D eigenvalue weighted by Crippen LogP contribution is -2.29. The van der Waals surface area contributed by atoms with Crippen LogP contribution in [0.15, 0.2) is 84.9 Å². The van der Waals surface area contributed by atoms with Gasteiger partial charge in [0.05, 0.1) is 44.1 Å². The first-order valence-corrected chi connectivity index (χ1v) is 15.4. The van der Waals surface area contributed by atoms with E-state index in [-0.39, 0.29) is 24.4 Å². The van der Waals surface area contributed by atoms with E-state index in [4.69, 9.17) is 28.4 Å². The van der Waals surface area contributed by atoms with Gasteiger partial charge in [-0.2, -0.15) is 0 Å². The summed E-state index contributed by atoms with van der Waals surface area (Å²) in [5, 5.41) is 0. The van der Waals surface area contributed by atoms with E-state index in [0.29, 0.717) is 13.2 Å². The van der Waals surface area contributed by atoms with Crippen LogP contribution in [0.5, 0.6) is 11.5 Å². The normalized spacial score (nSPS) is 25.0. The van der Waals surface area contributed by atoms with E-state index < -0.39 is 5.41 Å². The summed E-state index contributed by atoms with van der Waals surface area (Å²) in [5.74, 6) is 1.84. The van der Waals surface area contributed by atoms with E-state index in [1.54, 1.807) is 0 Å². The fraction of sp³-hybridized carbons (Fsp3) is 0.351. The maximum absolute atomic E-state index is 6.30. The van der Waals surface area contributed by atoms with Gasteiger partial charge in [0.15, 0.2) is 0 Å². The van der Waals surface area contributed by atoms with E-state index in [9.17, 15) is 0 Å². The van der Waals surface area contributed by atoms with Gasteiger partial charge < -0.3 is 28.4 Å². The first-order valence-electron chi connectivity index (χ1n) is 15.4. The van der Waals surface area contributed by atoms with E-state index in [1.165, 1.54) is 44.5 Å². The topological polar surface area (TPSA) is 68.6 Å². The average Bonchev–Trinajstić information content (AvgIpc) is 3.85. The Bertz CT molecular complexity index is 1560. The molecule has 9 rings (SSSR count). The van der Waals surface area contributed by atoms with Crippen molar-refractivity contribution in [2.45, 2.75) is 42.7 Å². The van der Waals surface area contributed by atoms with Crippen LogP contribution in [0, 0.1) is 0 Å². The molecule has 0 spiro atoms. The van der Waals surface area contributed by atoms with Gasteiger partial charge in [0.2, 0.25) is 0 Å². The van der Waals surface area contributed by atoms with Crippen molar-refractivity contribution >= 4 is 0 Å². The number of ether oxygens (including phenoxy) is 6. The lowest BCUT2D eigenvalue weighted by molar-refractivity contribution is 0.260. The molecule has 4 heterocycles. The molecule has 4 unspecified atom stereocenters. The second-order valence-electron chi connectivity index (χ2n) is 12.3. The molecular weight excluding hydrogens is 540 g/mol. The molecule has 4 fully saturated rings. The van der Waals surface area contributed by atoms with Gasteiger partial charge in [0, 0.05) is 12.8 Å². The van der Waals surface area contributed by atoms with Crippen molar-refractivity contribution in [2.75, 3.05) is 39.6 Å². The molecule has 0 radical (unpaired) electrons. The summed E-state index contributed by atoms with van der Waals surface area (Å²) in [6.07, 6.45) is 2.54. The molecule has 4 atom stereocenters. The predicted octanol–water partition coefficient (Wildman–Crippen LogP) is 5.49. The minimum Gasteiger partial charge on any atom is -0.491 e. The van der Waals surface area contributed by atoms with Gasteiger partial charge >= 0.3 is 0 Å². The first kappa shape index (κ1) is 25.8. The standard InChI is InChI=1S/C37H34O6/c1-3-7-33-31(5-1)32-6-2-4-8-34(32)37(33,25-9-11-35(42-21-29-19-40-29)23(13-25)15-27-17-38-27)26-10-12-36(43-22-30-20-41-30)24(14-26)16-28-18-39-28/h1-14,27-30H,15-22H2. The molecule has 43 heavy (non-hydrogen) atoms. The van der Waals surface area contributed by atoms with Gasteiger partial charge in [-0.3, -0.25) is 0 Å². The molecule has 1 aliphatic carbocycles. The number of benzene rings is 4. The Kier molecular flexibility index (Phi) is 6.12. The van der Waals surface area contributed by atoms with Gasteiger partial charge in [-0.1, -0.05) is 72.8 Å². The minimum atomic E-state index is -0.512. The van der Waals surface area contributed by atoms with E-state index in [1.807, 2.05) is 0 Å². The lowest BCUT2D eigenvalue weighted by atomic mass is 9.67. The SMILES string of the molecule is c1ccc2c(c1)-c1ccccc1C2(c1ccc(OCC2CO2)c(CC2CO2)c1)c1ccc(OCC2CO2)c(CC2CO2)c1. The molecule has 218 valence electrons. The Balaban J connectivity index is 1.23. The molecule has 4 aromatic carbocycles. The molecule has 0 N–H and O–H groups in total. The minimum absolute atomic E-state index is 0.200. The van der Waals surface area contributed by atoms with E-state index in [2.05, 4.69) is 84.9 Å². The van der Waals surface area contributed by atoms with Crippen LogP contribution < -0.4 is 9.47 Å². The van der Waals surface area contributed by atoms with Crippen molar-refractivity contribution < 1.29 is 28.4 Å². The Labute approximate surface area is 251 Å². The predicted molar refractivity (Wildman–Crippen MR) is 161 cm³/mol. The summed E-state index contributed by atoms with van der Waals surface area (Å²) in [5.41, 5.74) is 9.42. The first-order chi connectivity index (χ1) is 21.3. The molecule has 0 aromatic heterocycles. The number of rotatable bonds is 12. The smallest absolute Gasteiger partial charge is 0.122 e. The number of fused-ring (bicyclic) bond motifs is 3. The monoisotopic (exact) mass is 574 g/mol. The van der Waals surface area contributed by atoms with Crippen LogP contribution in [0.25, 0.3) is 11.1 Å². The fourth-order valence-electron chi connectivity index (χ4n) is 6.81. The van der Waals surface area contributed by atoms with Crippen LogP contribution in [0.3, 0.4) is 0 Å². The van der Waals surface area contributed by atoms with Crippen LogP contribution in [-0.4, -0.2) is 64.1 Å². The second-order valence-corrected chi connectivity index (χ2v) is 12.3. The van der Waals surface area contributed by atoms with Crippen LogP contribution in [0.4, 0.5) is 0 Å². The van der Waals surface area contributed by atoms with Gasteiger partial charge in [-0.25, -0.2) is 0 Å². The van der Waals surface area contributed by atoms with E-state index in [0.717, 1.165) is 50.8 Å². The fourth-order valence-corrected chi connectivity index (χ4v) is 6.81. The summed E-state index contributed by atoms with van der Waals surface area (Å²) >= 11 is 0. The number of hydrogen-bond acceptors (Lipinski definition) is 6. The van der Waals surface area contributed by atoms with Gasteiger partial charge in [0.1, 0.15) is 36.9 Å². The van der Waals surface area contributed by atoms with Crippen molar-refractivity contribution in [3.05, 3.63) is 118 Å². The Morgan fingerprint density at radius 1 is 0.535 bits per heavy atom. The zero-order valence-corrected chi connectivity index (χ0v) is 24.0. The molecule has 5 aliphatic rings. The third-order valence-corrected chi connectivity index (χ3v) is 9.29. The van der Waals surface area contributed by atoms with Crippen molar-refractivity contribution in [2.24, 2.45) is 0 Å². The van der Waals surface area contributed by atoms with Crippen LogP contribution in [0.1, 0.15) is 33.4 Å². The summed E-state index contributed by atoms with van der Waals surface area (Å²) in [6.45, 7) is 4.30. The molecule has 0 saturated carbocycles. The third-order valence-electron chi connectivity index (χ3n) is 9.29. The number of hydrogen-bond donors (Lipinski definition) is 0. The molecule has 4 aliphatic heterocycles. The molecule has 0 bridgehead atoms. The maximum atomic E-state index is 6.30. The van der Waals surface area contributed by atoms with Gasteiger partial charge in [-0.15, -0.1) is 0 Å².